The summed E-state index contributed by atoms with van der Waals surface area (Å²) in [6.45, 7) is 6.16. The molecule has 0 amide bonds. The number of aryl methyl sites for hydroxylation is 2. The molecule has 2 aromatic rings. The van der Waals surface area contributed by atoms with Gasteiger partial charge in [0.05, 0.1) is 15.6 Å². The highest BCUT2D eigenvalue weighted by atomic mass is 35.5. The van der Waals surface area contributed by atoms with Crippen LogP contribution in [0.1, 0.15) is 29.7 Å². The Morgan fingerprint density at radius 2 is 1.90 bits per heavy atom. The predicted molar refractivity (Wildman–Crippen MR) is 86.1 cm³/mol. The summed E-state index contributed by atoms with van der Waals surface area (Å²) >= 11 is 6.10. The van der Waals surface area contributed by atoms with Gasteiger partial charge in [0.2, 0.25) is 0 Å². The van der Waals surface area contributed by atoms with Crippen molar-refractivity contribution in [2.75, 3.05) is 5.32 Å². The molecule has 0 bridgehead atoms. The minimum Gasteiger partial charge on any atom is -0.377 e. The van der Waals surface area contributed by atoms with E-state index in [1.165, 1.54) is 28.8 Å². The first kappa shape index (κ1) is 15.3. The molecule has 2 aromatic carbocycles. The van der Waals surface area contributed by atoms with Crippen LogP contribution >= 0.6 is 11.6 Å². The van der Waals surface area contributed by atoms with Gasteiger partial charge in [-0.1, -0.05) is 35.4 Å². The molecule has 0 aromatic heterocycles. The predicted octanol–water partition coefficient (Wildman–Crippen LogP) is 5.04. The lowest BCUT2D eigenvalue weighted by molar-refractivity contribution is -0.384. The number of hydrogen-bond acceptors (Lipinski definition) is 3. The van der Waals surface area contributed by atoms with Crippen LogP contribution in [0.2, 0.25) is 5.02 Å². The molecule has 110 valence electrons. The Hall–Kier alpha value is -2.07. The molecule has 1 atom stereocenters. The normalized spacial score (nSPS) is 12.0. The maximum Gasteiger partial charge on any atom is 0.271 e. The summed E-state index contributed by atoms with van der Waals surface area (Å²) in [7, 11) is 0. The van der Waals surface area contributed by atoms with Gasteiger partial charge in [0, 0.05) is 18.2 Å². The highest BCUT2D eigenvalue weighted by molar-refractivity contribution is 6.33. The Morgan fingerprint density at radius 3 is 2.48 bits per heavy atom. The number of halogens is 1. The number of anilines is 1. The number of nitro benzene ring substituents is 1. The lowest BCUT2D eigenvalue weighted by Gasteiger charge is -2.19. The fourth-order valence-corrected chi connectivity index (χ4v) is 2.59. The Kier molecular flexibility index (Phi) is 4.48. The average molecular weight is 305 g/mol. The zero-order valence-corrected chi connectivity index (χ0v) is 12.9. The molecule has 0 spiro atoms. The number of benzene rings is 2. The molecule has 0 fully saturated rings. The van der Waals surface area contributed by atoms with E-state index in [0.29, 0.717) is 10.7 Å². The van der Waals surface area contributed by atoms with Gasteiger partial charge in [-0.25, -0.2) is 0 Å². The van der Waals surface area contributed by atoms with E-state index in [0.717, 1.165) is 0 Å². The minimum absolute atomic E-state index is 0.00952. The van der Waals surface area contributed by atoms with E-state index in [1.807, 2.05) is 6.92 Å². The van der Waals surface area contributed by atoms with Crippen molar-refractivity contribution >= 4 is 23.0 Å². The van der Waals surface area contributed by atoms with Gasteiger partial charge in [0.25, 0.3) is 5.69 Å². The second kappa shape index (κ2) is 6.14. The quantitative estimate of drug-likeness (QED) is 0.636. The molecule has 5 heteroatoms. The summed E-state index contributed by atoms with van der Waals surface area (Å²) < 4.78 is 0. The topological polar surface area (TPSA) is 55.2 Å². The van der Waals surface area contributed by atoms with Crippen molar-refractivity contribution in [3.63, 3.8) is 0 Å². The zero-order valence-electron chi connectivity index (χ0n) is 12.2. The summed E-state index contributed by atoms with van der Waals surface area (Å²) in [4.78, 5) is 10.3. The van der Waals surface area contributed by atoms with E-state index in [1.54, 1.807) is 6.07 Å². The Morgan fingerprint density at radius 1 is 1.19 bits per heavy atom. The highest BCUT2D eigenvalue weighted by Gasteiger charge is 2.13. The summed E-state index contributed by atoms with van der Waals surface area (Å²) in [5.74, 6) is 0. The Bertz CT molecular complexity index is 686. The van der Waals surface area contributed by atoms with Crippen LogP contribution in [0.4, 0.5) is 11.4 Å². The summed E-state index contributed by atoms with van der Waals surface area (Å²) in [5.41, 5.74) is 4.28. The smallest absolute Gasteiger partial charge is 0.271 e. The van der Waals surface area contributed by atoms with E-state index < -0.39 is 4.92 Å². The van der Waals surface area contributed by atoms with E-state index in [2.05, 4.69) is 37.4 Å². The van der Waals surface area contributed by atoms with E-state index >= 15 is 0 Å². The molecule has 0 saturated carbocycles. The van der Waals surface area contributed by atoms with Crippen LogP contribution in [-0.4, -0.2) is 4.92 Å². The van der Waals surface area contributed by atoms with Crippen LogP contribution in [0.15, 0.2) is 36.4 Å². The molecular weight excluding hydrogens is 288 g/mol. The van der Waals surface area contributed by atoms with Crippen LogP contribution < -0.4 is 5.32 Å². The maximum absolute atomic E-state index is 10.7. The number of nitrogens with zero attached hydrogens (tertiary/aromatic N) is 1. The number of hydrogen-bond donors (Lipinski definition) is 1. The van der Waals surface area contributed by atoms with Crippen LogP contribution in [0, 0.1) is 24.0 Å². The molecule has 0 heterocycles. The minimum atomic E-state index is -0.455. The van der Waals surface area contributed by atoms with Crippen molar-refractivity contribution in [2.45, 2.75) is 26.8 Å². The van der Waals surface area contributed by atoms with Crippen molar-refractivity contribution in [1.29, 1.82) is 0 Å². The first-order chi connectivity index (χ1) is 9.88. The molecule has 0 radical (unpaired) electrons. The van der Waals surface area contributed by atoms with Gasteiger partial charge >= 0.3 is 0 Å². The zero-order chi connectivity index (χ0) is 15.6. The van der Waals surface area contributed by atoms with Crippen molar-refractivity contribution in [1.82, 2.24) is 0 Å². The van der Waals surface area contributed by atoms with Crippen LogP contribution in [-0.2, 0) is 0 Å². The molecule has 2 rings (SSSR count). The third kappa shape index (κ3) is 3.52. The van der Waals surface area contributed by atoms with Crippen molar-refractivity contribution in [3.8, 4) is 0 Å². The number of rotatable bonds is 4. The van der Waals surface area contributed by atoms with Gasteiger partial charge in [-0.05, 0) is 38.0 Å². The average Bonchev–Trinajstić information content (AvgIpc) is 2.40. The van der Waals surface area contributed by atoms with Gasteiger partial charge in [0.1, 0.15) is 0 Å². The lowest BCUT2D eigenvalue weighted by atomic mass is 10.00. The summed E-state index contributed by atoms with van der Waals surface area (Å²) in [6.07, 6.45) is 0. The molecule has 1 N–H and O–H groups in total. The Labute approximate surface area is 128 Å². The second-order valence-electron chi connectivity index (χ2n) is 5.15. The van der Waals surface area contributed by atoms with Crippen molar-refractivity contribution < 1.29 is 4.92 Å². The number of non-ortho nitro benzene ring substituents is 1. The number of nitrogens with one attached hydrogen (secondary N) is 1. The maximum atomic E-state index is 10.7. The van der Waals surface area contributed by atoms with E-state index in [9.17, 15) is 10.1 Å². The molecule has 0 aliphatic rings. The first-order valence-corrected chi connectivity index (χ1v) is 7.04. The van der Waals surface area contributed by atoms with Crippen LogP contribution in [0.3, 0.4) is 0 Å². The molecular formula is C16H17ClN2O2. The fraction of sp³-hybridized carbons (Fsp3) is 0.250. The highest BCUT2D eigenvalue weighted by Crippen LogP contribution is 2.30. The largest absolute Gasteiger partial charge is 0.377 e. The van der Waals surface area contributed by atoms with Crippen LogP contribution in [0.5, 0.6) is 0 Å². The van der Waals surface area contributed by atoms with Crippen molar-refractivity contribution in [2.24, 2.45) is 0 Å². The summed E-state index contributed by atoms with van der Waals surface area (Å²) in [6, 6.07) is 10.8. The first-order valence-electron chi connectivity index (χ1n) is 6.66. The monoisotopic (exact) mass is 304 g/mol. The molecule has 0 saturated heterocycles. The van der Waals surface area contributed by atoms with Gasteiger partial charge in [0.15, 0.2) is 0 Å². The van der Waals surface area contributed by atoms with Gasteiger partial charge in [-0.3, -0.25) is 10.1 Å². The Balaban J connectivity index is 2.23. The third-order valence-electron chi connectivity index (χ3n) is 3.43. The third-order valence-corrected chi connectivity index (χ3v) is 3.74. The molecule has 0 aliphatic carbocycles. The second-order valence-corrected chi connectivity index (χ2v) is 5.55. The lowest BCUT2D eigenvalue weighted by Crippen LogP contribution is -2.08. The van der Waals surface area contributed by atoms with Crippen molar-refractivity contribution in [3.05, 3.63) is 68.2 Å². The fourth-order valence-electron chi connectivity index (χ4n) is 2.36. The van der Waals surface area contributed by atoms with Gasteiger partial charge < -0.3 is 5.32 Å². The molecule has 4 nitrogen and oxygen atoms in total. The summed E-state index contributed by atoms with van der Waals surface area (Å²) in [5, 5.41) is 14.4. The van der Waals surface area contributed by atoms with Crippen LogP contribution in [0.25, 0.3) is 0 Å². The van der Waals surface area contributed by atoms with Gasteiger partial charge in [-0.15, -0.1) is 0 Å². The van der Waals surface area contributed by atoms with E-state index in [4.69, 9.17) is 11.6 Å². The number of nitro groups is 1. The molecule has 0 aliphatic heterocycles. The SMILES string of the molecule is Cc1ccc(C(C)Nc2ccc([N+](=O)[O-])cc2Cl)c(C)c1. The van der Waals surface area contributed by atoms with E-state index in [-0.39, 0.29) is 11.7 Å². The standard InChI is InChI=1S/C16H17ClN2O2/c1-10-4-6-14(11(2)8-10)12(3)18-16-7-5-13(19(20)21)9-15(16)17/h4-9,12,18H,1-3H3. The van der Waals surface area contributed by atoms with Gasteiger partial charge in [-0.2, -0.15) is 0 Å². The molecule has 1 unspecified atom stereocenters. The molecule has 21 heavy (non-hydrogen) atoms.